The smallest absolute Gasteiger partial charge is 0.407 e. The van der Waals surface area contributed by atoms with E-state index in [1.54, 1.807) is 6.20 Å². The van der Waals surface area contributed by atoms with E-state index in [4.69, 9.17) is 16.3 Å². The second-order valence-electron chi connectivity index (χ2n) is 9.44. The van der Waals surface area contributed by atoms with Gasteiger partial charge in [-0.25, -0.2) is 14.6 Å². The minimum absolute atomic E-state index is 0.281. The van der Waals surface area contributed by atoms with Crippen molar-refractivity contribution in [1.82, 2.24) is 19.4 Å². The molecule has 0 saturated carbocycles. The molecule has 7 nitrogen and oxygen atoms in total. The summed E-state index contributed by atoms with van der Waals surface area (Å²) in [5.41, 5.74) is 6.12. The number of alkyl carbamates (subject to hydrolysis) is 1. The highest BCUT2D eigenvalue weighted by Gasteiger charge is 2.25. The molecule has 1 aliphatic heterocycles. The summed E-state index contributed by atoms with van der Waals surface area (Å²) in [7, 11) is 0. The van der Waals surface area contributed by atoms with Gasteiger partial charge in [-0.15, -0.1) is 0 Å². The van der Waals surface area contributed by atoms with Gasteiger partial charge in [0.1, 0.15) is 5.60 Å². The number of nitrogens with zero attached hydrogens (tertiary/aromatic N) is 4. The van der Waals surface area contributed by atoms with E-state index in [2.05, 4.69) is 59.6 Å². The maximum absolute atomic E-state index is 12.3. The van der Waals surface area contributed by atoms with Gasteiger partial charge in [0.05, 0.1) is 36.4 Å². The highest BCUT2D eigenvalue weighted by molar-refractivity contribution is 9.10. The third-order valence-corrected chi connectivity index (χ3v) is 6.22. The van der Waals surface area contributed by atoms with Crippen LogP contribution in [-0.2, 0) is 17.8 Å². The van der Waals surface area contributed by atoms with Gasteiger partial charge in [0.15, 0.2) is 11.5 Å². The van der Waals surface area contributed by atoms with E-state index in [-0.39, 0.29) is 6.54 Å². The van der Waals surface area contributed by atoms with Crippen molar-refractivity contribution in [2.24, 2.45) is 0 Å². The van der Waals surface area contributed by atoms with E-state index in [1.165, 1.54) is 0 Å². The summed E-state index contributed by atoms with van der Waals surface area (Å²) < 4.78 is 10.7. The van der Waals surface area contributed by atoms with Gasteiger partial charge in [0.25, 0.3) is 0 Å². The number of nitrogens with one attached hydrogen (secondary N) is 1. The Morgan fingerprint density at radius 3 is 2.66 bits per heavy atom. The van der Waals surface area contributed by atoms with E-state index in [0.717, 1.165) is 44.1 Å². The minimum Gasteiger partial charge on any atom is -0.444 e. The molecular formula is C27H24BrN5O2. The van der Waals surface area contributed by atoms with E-state index in [1.807, 2.05) is 51.1 Å². The number of aromatic nitrogens is 3. The molecule has 0 bridgehead atoms. The Kier molecular flexibility index (Phi) is 5.73. The van der Waals surface area contributed by atoms with Gasteiger partial charge in [-0.3, -0.25) is 4.57 Å². The highest BCUT2D eigenvalue weighted by atomic mass is 79.9. The second-order valence-corrected chi connectivity index (χ2v) is 10.4. The number of rotatable bonds is 3. The van der Waals surface area contributed by atoms with Crippen molar-refractivity contribution < 1.29 is 9.53 Å². The van der Waals surface area contributed by atoms with Crippen molar-refractivity contribution in [1.29, 1.82) is 0 Å². The van der Waals surface area contributed by atoms with Crippen LogP contribution in [0, 0.1) is 6.57 Å². The Morgan fingerprint density at radius 1 is 1.17 bits per heavy atom. The minimum atomic E-state index is -0.568. The number of fused-ring (bicyclic) bond motifs is 5. The third-order valence-electron chi connectivity index (χ3n) is 5.73. The number of halogens is 1. The van der Waals surface area contributed by atoms with Crippen molar-refractivity contribution in [3.63, 3.8) is 0 Å². The highest BCUT2D eigenvalue weighted by Crippen LogP contribution is 2.36. The molecule has 5 rings (SSSR count). The van der Waals surface area contributed by atoms with E-state index in [0.29, 0.717) is 12.2 Å². The first-order valence-corrected chi connectivity index (χ1v) is 12.0. The van der Waals surface area contributed by atoms with Crippen LogP contribution in [0.2, 0.25) is 0 Å². The van der Waals surface area contributed by atoms with Crippen LogP contribution in [0.15, 0.2) is 65.4 Å². The standard InChI is InChI=1S/C27H24BrN5O2/c1-27(2,3)35-26(34)31-14-22-13-30-25-24-12-18(17-5-8-21(29-4)9-6-17)15-32(24)16-19-11-20(28)7-10-23(19)33(22)25/h5-13,15H,14,16H2,1-3H3,(H,31,34). The predicted octanol–water partition coefficient (Wildman–Crippen LogP) is 6.71. The molecule has 35 heavy (non-hydrogen) atoms. The first-order valence-electron chi connectivity index (χ1n) is 11.2. The summed E-state index contributed by atoms with van der Waals surface area (Å²) in [6.07, 6.45) is 3.45. The molecule has 1 N–H and O–H groups in total. The number of imidazole rings is 1. The lowest BCUT2D eigenvalue weighted by atomic mass is 10.1. The van der Waals surface area contributed by atoms with Crippen LogP contribution in [0.4, 0.5) is 10.5 Å². The summed E-state index contributed by atoms with van der Waals surface area (Å²) >= 11 is 3.61. The summed E-state index contributed by atoms with van der Waals surface area (Å²) in [4.78, 5) is 20.5. The molecule has 8 heteroatoms. The molecule has 1 amide bonds. The number of benzene rings is 2. The van der Waals surface area contributed by atoms with Crippen molar-refractivity contribution in [3.8, 4) is 28.3 Å². The number of hydrogen-bond acceptors (Lipinski definition) is 3. The largest absolute Gasteiger partial charge is 0.444 e. The Morgan fingerprint density at radius 2 is 1.94 bits per heavy atom. The van der Waals surface area contributed by atoms with Crippen LogP contribution in [0.25, 0.3) is 33.2 Å². The Hall–Kier alpha value is -3.83. The molecule has 0 spiro atoms. The average molecular weight is 530 g/mol. The fourth-order valence-corrected chi connectivity index (χ4v) is 4.64. The zero-order valence-electron chi connectivity index (χ0n) is 19.7. The maximum atomic E-state index is 12.3. The molecule has 0 saturated heterocycles. The van der Waals surface area contributed by atoms with Gasteiger partial charge in [-0.05, 0) is 56.2 Å². The number of hydrogen-bond donors (Lipinski definition) is 1. The van der Waals surface area contributed by atoms with Crippen molar-refractivity contribution in [2.75, 3.05) is 0 Å². The molecular weight excluding hydrogens is 506 g/mol. The lowest BCUT2D eigenvalue weighted by molar-refractivity contribution is 0.0522. The molecule has 4 aromatic rings. The van der Waals surface area contributed by atoms with Gasteiger partial charge in [-0.2, -0.15) is 0 Å². The number of amides is 1. The van der Waals surface area contributed by atoms with Gasteiger partial charge < -0.3 is 14.6 Å². The van der Waals surface area contributed by atoms with Crippen LogP contribution in [0.1, 0.15) is 32.0 Å². The SMILES string of the molecule is [C-]#[N+]c1ccc(-c2cc3n(c2)Cc2cc(Br)ccc2-n2c(CNC(=O)OC(C)(C)C)cnc2-3)cc1. The summed E-state index contributed by atoms with van der Waals surface area (Å²) in [6, 6.07) is 15.9. The van der Waals surface area contributed by atoms with E-state index in [9.17, 15) is 4.79 Å². The lowest BCUT2D eigenvalue weighted by Crippen LogP contribution is -2.32. The normalized spacial score (nSPS) is 12.1. The quantitative estimate of drug-likeness (QED) is 0.264. The van der Waals surface area contributed by atoms with E-state index >= 15 is 0 Å². The zero-order valence-corrected chi connectivity index (χ0v) is 21.3. The van der Waals surface area contributed by atoms with E-state index < -0.39 is 11.7 Å². The number of ether oxygens (including phenoxy) is 1. The van der Waals surface area contributed by atoms with Crippen molar-refractivity contribution in [2.45, 2.75) is 39.5 Å². The molecule has 0 radical (unpaired) electrons. The number of carbonyl (C=O) groups excluding carboxylic acids is 1. The molecule has 2 aromatic heterocycles. The summed E-state index contributed by atoms with van der Waals surface area (Å²) in [5, 5.41) is 2.86. The first-order chi connectivity index (χ1) is 16.7. The topological polar surface area (TPSA) is 65.4 Å². The summed E-state index contributed by atoms with van der Waals surface area (Å²) in [5.74, 6) is 0.802. The molecule has 176 valence electrons. The van der Waals surface area contributed by atoms with Crippen LogP contribution in [0.3, 0.4) is 0 Å². The summed E-state index contributed by atoms with van der Waals surface area (Å²) in [6.45, 7) is 13.7. The molecule has 1 aliphatic rings. The fourth-order valence-electron chi connectivity index (χ4n) is 4.24. The Labute approximate surface area is 212 Å². The Balaban J connectivity index is 1.57. The van der Waals surface area contributed by atoms with Crippen LogP contribution < -0.4 is 5.32 Å². The van der Waals surface area contributed by atoms with Crippen LogP contribution in [0.5, 0.6) is 0 Å². The van der Waals surface area contributed by atoms with Crippen LogP contribution in [-0.4, -0.2) is 25.8 Å². The third kappa shape index (κ3) is 4.60. The van der Waals surface area contributed by atoms with Gasteiger partial charge >= 0.3 is 6.09 Å². The second kappa shape index (κ2) is 8.75. The maximum Gasteiger partial charge on any atom is 0.407 e. The fraction of sp³-hybridized carbons (Fsp3) is 0.222. The monoisotopic (exact) mass is 529 g/mol. The molecule has 0 unspecified atom stereocenters. The number of carbonyl (C=O) groups is 1. The Bertz CT molecular complexity index is 1470. The average Bonchev–Trinajstić information content (AvgIpc) is 3.38. The van der Waals surface area contributed by atoms with Gasteiger partial charge in [0, 0.05) is 22.8 Å². The van der Waals surface area contributed by atoms with Crippen LogP contribution >= 0.6 is 15.9 Å². The molecule has 0 atom stereocenters. The van der Waals surface area contributed by atoms with Crippen molar-refractivity contribution in [3.05, 3.63) is 88.1 Å². The zero-order chi connectivity index (χ0) is 24.7. The molecule has 3 heterocycles. The lowest BCUT2D eigenvalue weighted by Gasteiger charge is -2.20. The first kappa shape index (κ1) is 22.9. The molecule has 0 fully saturated rings. The van der Waals surface area contributed by atoms with Gasteiger partial charge in [0.2, 0.25) is 0 Å². The predicted molar refractivity (Wildman–Crippen MR) is 139 cm³/mol. The van der Waals surface area contributed by atoms with Crippen molar-refractivity contribution >= 4 is 27.7 Å². The van der Waals surface area contributed by atoms with Gasteiger partial charge in [-0.1, -0.05) is 40.2 Å². The molecule has 2 aromatic carbocycles. The molecule has 0 aliphatic carbocycles.